The average Bonchev–Trinajstić information content (AvgIpc) is 2.15. The van der Waals surface area contributed by atoms with Crippen molar-refractivity contribution in [3.63, 3.8) is 0 Å². The zero-order valence-corrected chi connectivity index (χ0v) is 10.3. The quantitative estimate of drug-likeness (QED) is 0.763. The van der Waals surface area contributed by atoms with Gasteiger partial charge in [0.25, 0.3) is 0 Å². The van der Waals surface area contributed by atoms with Crippen molar-refractivity contribution in [2.24, 2.45) is 0 Å². The van der Waals surface area contributed by atoms with Crippen LogP contribution in [-0.2, 0) is 6.42 Å². The summed E-state index contributed by atoms with van der Waals surface area (Å²) >= 11 is 11.8. The zero-order chi connectivity index (χ0) is 11.5. The summed E-state index contributed by atoms with van der Waals surface area (Å²) in [7, 11) is 0. The molecule has 2 rings (SSSR count). The lowest BCUT2D eigenvalue weighted by molar-refractivity contribution is 0.943. The van der Waals surface area contributed by atoms with Crippen molar-refractivity contribution < 1.29 is 0 Å². The Kier molecular flexibility index (Phi) is 3.42. The Labute approximate surface area is 104 Å². The first-order valence-corrected chi connectivity index (χ1v) is 5.63. The van der Waals surface area contributed by atoms with Gasteiger partial charge in [-0.3, -0.25) is 0 Å². The molecule has 2 aromatic rings. The van der Waals surface area contributed by atoms with Crippen molar-refractivity contribution in [1.29, 1.82) is 0 Å². The minimum Gasteiger partial charge on any atom is -0.238 e. The number of halogens is 2. The molecule has 16 heavy (non-hydrogen) atoms. The highest BCUT2D eigenvalue weighted by Crippen LogP contribution is 2.14. The Morgan fingerprint density at radius 2 is 1.94 bits per heavy atom. The van der Waals surface area contributed by atoms with Crippen LogP contribution in [0.15, 0.2) is 30.3 Å². The SMILES string of the molecule is Cc1cc(Cl)nc(Cc2cccc(Cl)c2)n1. The molecular formula is C12H10Cl2N2. The van der Waals surface area contributed by atoms with Gasteiger partial charge in [-0.1, -0.05) is 35.3 Å². The smallest absolute Gasteiger partial charge is 0.134 e. The summed E-state index contributed by atoms with van der Waals surface area (Å²) in [5.74, 6) is 0.715. The highest BCUT2D eigenvalue weighted by Gasteiger charge is 2.02. The summed E-state index contributed by atoms with van der Waals surface area (Å²) < 4.78 is 0. The van der Waals surface area contributed by atoms with Crippen molar-refractivity contribution in [3.8, 4) is 0 Å². The van der Waals surface area contributed by atoms with Gasteiger partial charge in [-0.2, -0.15) is 0 Å². The third kappa shape index (κ3) is 2.94. The minimum absolute atomic E-state index is 0.476. The summed E-state index contributed by atoms with van der Waals surface area (Å²) in [4.78, 5) is 8.49. The van der Waals surface area contributed by atoms with Gasteiger partial charge in [0.2, 0.25) is 0 Å². The number of rotatable bonds is 2. The van der Waals surface area contributed by atoms with Crippen LogP contribution in [-0.4, -0.2) is 9.97 Å². The van der Waals surface area contributed by atoms with E-state index < -0.39 is 0 Å². The number of benzene rings is 1. The van der Waals surface area contributed by atoms with Gasteiger partial charge in [0, 0.05) is 17.1 Å². The van der Waals surface area contributed by atoms with E-state index >= 15 is 0 Å². The molecule has 1 aromatic carbocycles. The Hall–Kier alpha value is -1.12. The van der Waals surface area contributed by atoms with E-state index in [0.29, 0.717) is 17.4 Å². The molecule has 0 spiro atoms. The van der Waals surface area contributed by atoms with Gasteiger partial charge in [0.1, 0.15) is 11.0 Å². The number of aromatic nitrogens is 2. The van der Waals surface area contributed by atoms with Crippen LogP contribution in [0.1, 0.15) is 17.1 Å². The van der Waals surface area contributed by atoms with Gasteiger partial charge < -0.3 is 0 Å². The fraction of sp³-hybridized carbons (Fsp3) is 0.167. The van der Waals surface area contributed by atoms with Crippen LogP contribution in [0.25, 0.3) is 0 Å². The van der Waals surface area contributed by atoms with Crippen LogP contribution in [0, 0.1) is 6.92 Å². The normalized spacial score (nSPS) is 10.4. The third-order valence-electron chi connectivity index (χ3n) is 2.12. The molecule has 4 heteroatoms. The molecule has 0 bridgehead atoms. The first-order chi connectivity index (χ1) is 7.63. The molecule has 0 fully saturated rings. The second kappa shape index (κ2) is 4.81. The Bertz CT molecular complexity index is 492. The van der Waals surface area contributed by atoms with E-state index in [-0.39, 0.29) is 0 Å². The minimum atomic E-state index is 0.476. The third-order valence-corrected chi connectivity index (χ3v) is 2.55. The van der Waals surface area contributed by atoms with E-state index in [1.165, 1.54) is 0 Å². The van der Waals surface area contributed by atoms with Crippen molar-refractivity contribution in [3.05, 3.63) is 57.6 Å². The molecule has 0 aliphatic carbocycles. The van der Waals surface area contributed by atoms with Gasteiger partial charge in [-0.15, -0.1) is 0 Å². The largest absolute Gasteiger partial charge is 0.238 e. The van der Waals surface area contributed by atoms with E-state index in [9.17, 15) is 0 Å². The predicted molar refractivity (Wildman–Crippen MR) is 66.0 cm³/mol. The molecule has 1 heterocycles. The first-order valence-electron chi connectivity index (χ1n) is 4.88. The van der Waals surface area contributed by atoms with Crippen molar-refractivity contribution >= 4 is 23.2 Å². The van der Waals surface area contributed by atoms with Crippen molar-refractivity contribution in [2.45, 2.75) is 13.3 Å². The van der Waals surface area contributed by atoms with E-state index in [1.807, 2.05) is 31.2 Å². The maximum atomic E-state index is 5.91. The molecule has 2 nitrogen and oxygen atoms in total. The molecule has 0 aliphatic rings. The molecule has 0 saturated heterocycles. The Balaban J connectivity index is 2.27. The molecule has 0 N–H and O–H groups in total. The molecule has 82 valence electrons. The van der Waals surface area contributed by atoms with Crippen LogP contribution in [0.2, 0.25) is 10.2 Å². The van der Waals surface area contributed by atoms with Crippen molar-refractivity contribution in [2.75, 3.05) is 0 Å². The van der Waals surface area contributed by atoms with Crippen LogP contribution >= 0.6 is 23.2 Å². The lowest BCUT2D eigenvalue weighted by atomic mass is 10.1. The fourth-order valence-electron chi connectivity index (χ4n) is 1.50. The van der Waals surface area contributed by atoms with Gasteiger partial charge in [-0.05, 0) is 30.7 Å². The molecule has 0 amide bonds. The molecule has 0 radical (unpaired) electrons. The second-order valence-corrected chi connectivity index (χ2v) is 4.38. The summed E-state index contributed by atoms with van der Waals surface area (Å²) in [5.41, 5.74) is 1.95. The maximum Gasteiger partial charge on any atom is 0.134 e. The number of hydrogen-bond acceptors (Lipinski definition) is 2. The lowest BCUT2D eigenvalue weighted by Gasteiger charge is -2.03. The van der Waals surface area contributed by atoms with Gasteiger partial charge in [0.15, 0.2) is 0 Å². The molecule has 0 unspecified atom stereocenters. The standard InChI is InChI=1S/C12H10Cl2N2/c1-8-5-11(14)16-12(15-8)7-9-3-2-4-10(13)6-9/h2-6H,7H2,1H3. The van der Waals surface area contributed by atoms with Gasteiger partial charge in [-0.25, -0.2) is 9.97 Å². The van der Waals surface area contributed by atoms with Crippen LogP contribution in [0.4, 0.5) is 0 Å². The maximum absolute atomic E-state index is 5.91. The van der Waals surface area contributed by atoms with Gasteiger partial charge in [0.05, 0.1) is 0 Å². The molecule has 0 atom stereocenters. The summed E-state index contributed by atoms with van der Waals surface area (Å²) in [5, 5.41) is 1.20. The highest BCUT2D eigenvalue weighted by atomic mass is 35.5. The van der Waals surface area contributed by atoms with E-state index in [1.54, 1.807) is 6.07 Å². The summed E-state index contributed by atoms with van der Waals surface area (Å²) in [6.07, 6.45) is 0.641. The average molecular weight is 253 g/mol. The first kappa shape index (κ1) is 11.4. The summed E-state index contributed by atoms with van der Waals surface area (Å²) in [6, 6.07) is 9.39. The van der Waals surface area contributed by atoms with E-state index in [2.05, 4.69) is 9.97 Å². The van der Waals surface area contributed by atoms with Crippen LogP contribution in [0.5, 0.6) is 0 Å². The van der Waals surface area contributed by atoms with E-state index in [4.69, 9.17) is 23.2 Å². The topological polar surface area (TPSA) is 25.8 Å². The molecule has 0 saturated carbocycles. The van der Waals surface area contributed by atoms with Gasteiger partial charge >= 0.3 is 0 Å². The van der Waals surface area contributed by atoms with Crippen LogP contribution < -0.4 is 0 Å². The Morgan fingerprint density at radius 3 is 2.62 bits per heavy atom. The molecule has 1 aromatic heterocycles. The zero-order valence-electron chi connectivity index (χ0n) is 8.74. The van der Waals surface area contributed by atoms with Crippen molar-refractivity contribution in [1.82, 2.24) is 9.97 Å². The predicted octanol–water partition coefficient (Wildman–Crippen LogP) is 3.68. The number of aryl methyl sites for hydroxylation is 1. The monoisotopic (exact) mass is 252 g/mol. The second-order valence-electron chi connectivity index (χ2n) is 3.55. The molecular weight excluding hydrogens is 243 g/mol. The highest BCUT2D eigenvalue weighted by molar-refractivity contribution is 6.30. The number of hydrogen-bond donors (Lipinski definition) is 0. The Morgan fingerprint density at radius 1 is 1.12 bits per heavy atom. The summed E-state index contributed by atoms with van der Waals surface area (Å²) in [6.45, 7) is 1.90. The fourth-order valence-corrected chi connectivity index (χ4v) is 1.97. The van der Waals surface area contributed by atoms with Crippen LogP contribution in [0.3, 0.4) is 0 Å². The number of nitrogens with zero attached hydrogens (tertiary/aromatic N) is 2. The lowest BCUT2D eigenvalue weighted by Crippen LogP contribution is -1.98. The molecule has 0 aliphatic heterocycles. The van der Waals surface area contributed by atoms with E-state index in [0.717, 1.165) is 16.3 Å².